The molecule has 0 aliphatic carbocycles. The summed E-state index contributed by atoms with van der Waals surface area (Å²) in [5, 5.41) is 10.4. The predicted molar refractivity (Wildman–Crippen MR) is 79.7 cm³/mol. The highest BCUT2D eigenvalue weighted by Gasteiger charge is 2.41. The number of alkyl halides is 3. The summed E-state index contributed by atoms with van der Waals surface area (Å²) in [5.41, 5.74) is 0.357. The lowest BCUT2D eigenvalue weighted by Crippen LogP contribution is -2.39. The van der Waals surface area contributed by atoms with E-state index in [1.807, 2.05) is 0 Å². The van der Waals surface area contributed by atoms with Crippen LogP contribution >= 0.6 is 0 Å². The first-order chi connectivity index (χ1) is 11.4. The molecule has 9 heteroatoms. The lowest BCUT2D eigenvalue weighted by atomic mass is 9.96. The molecule has 2 aromatic rings. The molecule has 24 heavy (non-hydrogen) atoms. The van der Waals surface area contributed by atoms with E-state index in [0.717, 1.165) is 0 Å². The topological polar surface area (TPSA) is 71.3 Å². The number of hydrogen-bond donors (Lipinski definition) is 1. The number of carbonyl (C=O) groups is 1. The second-order valence-corrected chi connectivity index (χ2v) is 5.55. The van der Waals surface area contributed by atoms with Crippen molar-refractivity contribution in [3.8, 4) is 0 Å². The third-order valence-corrected chi connectivity index (χ3v) is 3.96. The number of nitrogens with zero attached hydrogens (tertiary/aromatic N) is 3. The zero-order valence-corrected chi connectivity index (χ0v) is 12.6. The molecular formula is C15H15F3N4O2. The number of furan rings is 1. The lowest BCUT2D eigenvalue weighted by molar-refractivity contribution is -0.179. The number of halogens is 3. The van der Waals surface area contributed by atoms with Crippen LogP contribution in [-0.2, 0) is 0 Å². The Labute approximate surface area is 135 Å². The molecule has 0 bridgehead atoms. The molecule has 2 aromatic heterocycles. The number of hydrogen-bond acceptors (Lipinski definition) is 5. The fourth-order valence-corrected chi connectivity index (χ4v) is 2.58. The largest absolute Gasteiger partial charge is 0.472 e. The molecular weight excluding hydrogens is 325 g/mol. The molecule has 0 atom stereocenters. The van der Waals surface area contributed by atoms with Gasteiger partial charge in [-0.3, -0.25) is 4.79 Å². The molecule has 1 amide bonds. The van der Waals surface area contributed by atoms with E-state index < -0.39 is 12.1 Å². The van der Waals surface area contributed by atoms with Crippen molar-refractivity contribution in [1.82, 2.24) is 10.2 Å². The summed E-state index contributed by atoms with van der Waals surface area (Å²) in [6, 6.07) is 4.71. The van der Waals surface area contributed by atoms with Crippen LogP contribution in [0.25, 0.3) is 0 Å². The predicted octanol–water partition coefficient (Wildman–Crippen LogP) is 3.10. The second kappa shape index (κ2) is 6.50. The Morgan fingerprint density at radius 2 is 1.96 bits per heavy atom. The Hall–Kier alpha value is -2.58. The van der Waals surface area contributed by atoms with Gasteiger partial charge < -0.3 is 14.6 Å². The lowest BCUT2D eigenvalue weighted by Gasteiger charge is -2.33. The second-order valence-electron chi connectivity index (χ2n) is 5.55. The average Bonchev–Trinajstić information content (AvgIpc) is 3.09. The number of piperidine rings is 1. The minimum Gasteiger partial charge on any atom is -0.472 e. The first-order valence-corrected chi connectivity index (χ1v) is 7.42. The number of nitrogens with one attached hydrogen (secondary N) is 1. The van der Waals surface area contributed by atoms with Gasteiger partial charge in [-0.05, 0) is 31.0 Å². The van der Waals surface area contributed by atoms with Crippen LogP contribution in [0.2, 0.25) is 0 Å². The third-order valence-electron chi connectivity index (χ3n) is 3.96. The van der Waals surface area contributed by atoms with E-state index in [9.17, 15) is 18.0 Å². The summed E-state index contributed by atoms with van der Waals surface area (Å²) in [4.78, 5) is 13.6. The van der Waals surface area contributed by atoms with Crippen molar-refractivity contribution in [3.05, 3.63) is 36.3 Å². The number of amides is 1. The van der Waals surface area contributed by atoms with Gasteiger partial charge in [-0.1, -0.05) is 0 Å². The van der Waals surface area contributed by atoms with Crippen LogP contribution in [-0.4, -0.2) is 35.4 Å². The van der Waals surface area contributed by atoms with Crippen LogP contribution < -0.4 is 10.2 Å². The minimum atomic E-state index is -4.14. The van der Waals surface area contributed by atoms with Crippen LogP contribution in [0, 0.1) is 5.92 Å². The van der Waals surface area contributed by atoms with Gasteiger partial charge in [-0.25, -0.2) is 0 Å². The van der Waals surface area contributed by atoms with Crippen LogP contribution in [0.4, 0.5) is 24.8 Å². The van der Waals surface area contributed by atoms with Crippen molar-refractivity contribution in [2.45, 2.75) is 19.0 Å². The molecule has 0 aromatic carbocycles. The van der Waals surface area contributed by atoms with Gasteiger partial charge in [0.1, 0.15) is 6.26 Å². The van der Waals surface area contributed by atoms with Gasteiger partial charge in [0.05, 0.1) is 17.7 Å². The highest BCUT2D eigenvalue weighted by molar-refractivity contribution is 6.03. The molecule has 6 nitrogen and oxygen atoms in total. The summed E-state index contributed by atoms with van der Waals surface area (Å²) in [7, 11) is 0. The minimum absolute atomic E-state index is 0.0458. The first kappa shape index (κ1) is 16.3. The smallest absolute Gasteiger partial charge is 0.391 e. The van der Waals surface area contributed by atoms with Crippen molar-refractivity contribution >= 4 is 17.5 Å². The van der Waals surface area contributed by atoms with Crippen LogP contribution in [0.5, 0.6) is 0 Å². The molecule has 1 aliphatic rings. The van der Waals surface area contributed by atoms with Crippen LogP contribution in [0.15, 0.2) is 35.1 Å². The monoisotopic (exact) mass is 340 g/mol. The summed E-state index contributed by atoms with van der Waals surface area (Å²) < 4.78 is 42.8. The van der Waals surface area contributed by atoms with Crippen LogP contribution in [0.3, 0.4) is 0 Å². The molecule has 0 spiro atoms. The van der Waals surface area contributed by atoms with E-state index in [1.165, 1.54) is 18.6 Å². The highest BCUT2D eigenvalue weighted by atomic mass is 19.4. The maximum Gasteiger partial charge on any atom is 0.391 e. The van der Waals surface area contributed by atoms with Crippen molar-refractivity contribution in [3.63, 3.8) is 0 Å². The van der Waals surface area contributed by atoms with Gasteiger partial charge >= 0.3 is 6.18 Å². The quantitative estimate of drug-likeness (QED) is 0.930. The maximum absolute atomic E-state index is 12.7. The summed E-state index contributed by atoms with van der Waals surface area (Å²) >= 11 is 0. The first-order valence-electron chi connectivity index (χ1n) is 7.42. The standard InChI is InChI=1S/C15H15F3N4O2/c16-15(17,18)11-3-6-22(7-4-11)13-2-1-12(20-21-13)19-14(23)10-5-8-24-9-10/h1-2,5,8-9,11H,3-4,6-7H2,(H,19,20,23). The van der Waals surface area contributed by atoms with Gasteiger partial charge in [0.25, 0.3) is 5.91 Å². The Bertz CT molecular complexity index is 678. The zero-order valence-electron chi connectivity index (χ0n) is 12.6. The summed E-state index contributed by atoms with van der Waals surface area (Å²) in [5.74, 6) is -0.876. The summed E-state index contributed by atoms with van der Waals surface area (Å²) in [6.45, 7) is 0.555. The van der Waals surface area contributed by atoms with E-state index in [0.29, 0.717) is 11.4 Å². The third kappa shape index (κ3) is 3.66. The van der Waals surface area contributed by atoms with Gasteiger partial charge in [0.15, 0.2) is 11.6 Å². The van der Waals surface area contributed by atoms with E-state index in [2.05, 4.69) is 15.5 Å². The molecule has 0 radical (unpaired) electrons. The van der Waals surface area contributed by atoms with E-state index in [-0.39, 0.29) is 37.7 Å². The molecule has 0 unspecified atom stereocenters. The van der Waals surface area contributed by atoms with Crippen molar-refractivity contribution in [1.29, 1.82) is 0 Å². The Kier molecular flexibility index (Phi) is 4.41. The van der Waals surface area contributed by atoms with Gasteiger partial charge in [0, 0.05) is 13.1 Å². The number of aromatic nitrogens is 2. The average molecular weight is 340 g/mol. The molecule has 1 fully saturated rings. The SMILES string of the molecule is O=C(Nc1ccc(N2CCC(C(F)(F)F)CC2)nn1)c1ccoc1. The zero-order chi connectivity index (χ0) is 17.2. The molecule has 128 valence electrons. The van der Waals surface area contributed by atoms with Crippen molar-refractivity contribution in [2.24, 2.45) is 5.92 Å². The number of carbonyl (C=O) groups excluding carboxylic acids is 1. The maximum atomic E-state index is 12.7. The van der Waals surface area contributed by atoms with Crippen molar-refractivity contribution in [2.75, 3.05) is 23.3 Å². The highest BCUT2D eigenvalue weighted by Crippen LogP contribution is 2.34. The fraction of sp³-hybridized carbons (Fsp3) is 0.400. The molecule has 3 heterocycles. The summed E-state index contributed by atoms with van der Waals surface area (Å²) in [6.07, 6.45) is -1.36. The van der Waals surface area contributed by atoms with Gasteiger partial charge in [0.2, 0.25) is 0 Å². The van der Waals surface area contributed by atoms with Gasteiger partial charge in [-0.15, -0.1) is 10.2 Å². The van der Waals surface area contributed by atoms with E-state index in [1.54, 1.807) is 17.0 Å². The molecule has 3 rings (SSSR count). The molecule has 0 saturated carbocycles. The Balaban J connectivity index is 1.58. The number of rotatable bonds is 3. The molecule has 1 saturated heterocycles. The van der Waals surface area contributed by atoms with Gasteiger partial charge in [-0.2, -0.15) is 13.2 Å². The normalized spacial score (nSPS) is 16.2. The van der Waals surface area contributed by atoms with E-state index >= 15 is 0 Å². The van der Waals surface area contributed by atoms with Crippen molar-refractivity contribution < 1.29 is 22.4 Å². The Morgan fingerprint density at radius 3 is 2.50 bits per heavy atom. The molecule has 1 N–H and O–H groups in total. The van der Waals surface area contributed by atoms with Crippen LogP contribution in [0.1, 0.15) is 23.2 Å². The molecule has 1 aliphatic heterocycles. The fourth-order valence-electron chi connectivity index (χ4n) is 2.58. The van der Waals surface area contributed by atoms with E-state index in [4.69, 9.17) is 4.42 Å². The Morgan fingerprint density at radius 1 is 1.21 bits per heavy atom. The number of anilines is 2.